The van der Waals surface area contributed by atoms with Crippen LogP contribution in [0.2, 0.25) is 0 Å². The van der Waals surface area contributed by atoms with Gasteiger partial charge in [0.05, 0.1) is 36.8 Å². The van der Waals surface area contributed by atoms with Gasteiger partial charge in [-0.25, -0.2) is 9.59 Å². The standard InChI is InChI=1S/C29H26N2O6/c1-16-23(28(33)35-3)25(24(17(2)30-16)29(34)36-4)22-14-21(32)26-27(37-22)19-12-8-9-13-20(19)31(26)15-18-10-6-5-7-11-18/h5-14,25,30H,15H2,1-4H3. The minimum Gasteiger partial charge on any atom is -0.466 e. The first-order valence-electron chi connectivity index (χ1n) is 11.8. The van der Waals surface area contributed by atoms with Gasteiger partial charge in [0, 0.05) is 29.4 Å². The minimum absolute atomic E-state index is 0.154. The second-order valence-electron chi connectivity index (χ2n) is 8.90. The summed E-state index contributed by atoms with van der Waals surface area (Å²) in [6.45, 7) is 3.89. The van der Waals surface area contributed by atoms with E-state index in [0.717, 1.165) is 16.5 Å². The van der Waals surface area contributed by atoms with Crippen molar-refractivity contribution in [1.82, 2.24) is 9.88 Å². The zero-order valence-corrected chi connectivity index (χ0v) is 21.0. The van der Waals surface area contributed by atoms with E-state index in [9.17, 15) is 14.4 Å². The quantitative estimate of drug-likeness (QED) is 0.408. The molecule has 0 unspecified atom stereocenters. The molecule has 0 amide bonds. The Morgan fingerprint density at radius 2 is 1.51 bits per heavy atom. The van der Waals surface area contributed by atoms with Crippen molar-refractivity contribution in [1.29, 1.82) is 0 Å². The maximum Gasteiger partial charge on any atom is 0.336 e. The van der Waals surface area contributed by atoms with Crippen LogP contribution in [0.25, 0.3) is 22.0 Å². The molecule has 8 heteroatoms. The lowest BCUT2D eigenvalue weighted by Gasteiger charge is -2.29. The molecule has 0 fully saturated rings. The molecule has 0 aliphatic carbocycles. The number of dihydropyridines is 1. The van der Waals surface area contributed by atoms with Crippen molar-refractivity contribution >= 4 is 33.9 Å². The topological polar surface area (TPSA) is 99.8 Å². The van der Waals surface area contributed by atoms with Crippen molar-refractivity contribution in [3.05, 3.63) is 105 Å². The Hall–Kier alpha value is -4.59. The molecule has 0 saturated carbocycles. The van der Waals surface area contributed by atoms with E-state index in [1.165, 1.54) is 20.3 Å². The molecule has 3 heterocycles. The average Bonchev–Trinajstić information content (AvgIpc) is 3.22. The van der Waals surface area contributed by atoms with E-state index in [2.05, 4.69) is 5.32 Å². The van der Waals surface area contributed by atoms with E-state index < -0.39 is 17.9 Å². The third-order valence-corrected chi connectivity index (χ3v) is 6.69. The molecule has 4 aromatic rings. The largest absolute Gasteiger partial charge is 0.466 e. The molecular weight excluding hydrogens is 472 g/mol. The molecule has 188 valence electrons. The second-order valence-corrected chi connectivity index (χ2v) is 8.90. The van der Waals surface area contributed by atoms with Gasteiger partial charge < -0.3 is 23.8 Å². The lowest BCUT2D eigenvalue weighted by molar-refractivity contribution is -0.137. The summed E-state index contributed by atoms with van der Waals surface area (Å²) in [6.07, 6.45) is 0. The van der Waals surface area contributed by atoms with Gasteiger partial charge in [-0.15, -0.1) is 0 Å². The first kappa shape index (κ1) is 24.1. The number of nitrogens with one attached hydrogen (secondary N) is 1. The third-order valence-electron chi connectivity index (χ3n) is 6.69. The van der Waals surface area contributed by atoms with Gasteiger partial charge in [-0.1, -0.05) is 42.5 Å². The van der Waals surface area contributed by atoms with Crippen molar-refractivity contribution in [3.8, 4) is 0 Å². The average molecular weight is 499 g/mol. The number of allylic oxidation sites excluding steroid dienone is 2. The number of ether oxygens (including phenoxy) is 2. The van der Waals surface area contributed by atoms with Gasteiger partial charge in [0.2, 0.25) is 5.43 Å². The van der Waals surface area contributed by atoms with Crippen LogP contribution in [0, 0.1) is 0 Å². The SMILES string of the molecule is COC(=O)C1=C(C)NC(C)=C(C(=O)OC)C1c1cc(=O)c2c(o1)c1ccccc1n2Cc1ccccc1. The van der Waals surface area contributed by atoms with Crippen LogP contribution in [0.15, 0.2) is 92.4 Å². The number of para-hydroxylation sites is 1. The summed E-state index contributed by atoms with van der Waals surface area (Å²) >= 11 is 0. The fourth-order valence-electron chi connectivity index (χ4n) is 5.08. The van der Waals surface area contributed by atoms with Crippen LogP contribution in [0.3, 0.4) is 0 Å². The van der Waals surface area contributed by atoms with Crippen LogP contribution < -0.4 is 10.7 Å². The predicted octanol–water partition coefficient (Wildman–Crippen LogP) is 4.38. The number of hydrogen-bond donors (Lipinski definition) is 1. The van der Waals surface area contributed by atoms with E-state index >= 15 is 0 Å². The number of carbonyl (C=O) groups is 2. The van der Waals surface area contributed by atoms with Gasteiger partial charge >= 0.3 is 11.9 Å². The highest BCUT2D eigenvalue weighted by molar-refractivity contribution is 6.05. The van der Waals surface area contributed by atoms with E-state index in [0.29, 0.717) is 29.0 Å². The molecule has 1 aliphatic rings. The number of esters is 2. The molecule has 2 aromatic heterocycles. The van der Waals surface area contributed by atoms with Gasteiger partial charge in [0.25, 0.3) is 0 Å². The highest BCUT2D eigenvalue weighted by atomic mass is 16.5. The first-order valence-corrected chi connectivity index (χ1v) is 11.8. The zero-order chi connectivity index (χ0) is 26.3. The van der Waals surface area contributed by atoms with Crippen LogP contribution in [-0.2, 0) is 25.6 Å². The monoisotopic (exact) mass is 498 g/mol. The smallest absolute Gasteiger partial charge is 0.336 e. The molecule has 0 spiro atoms. The van der Waals surface area contributed by atoms with E-state index in [1.54, 1.807) is 13.8 Å². The molecule has 5 rings (SSSR count). The van der Waals surface area contributed by atoms with E-state index in [4.69, 9.17) is 13.9 Å². The molecule has 1 N–H and O–H groups in total. The van der Waals surface area contributed by atoms with Crippen LogP contribution in [-0.4, -0.2) is 30.7 Å². The number of nitrogens with zero attached hydrogens (tertiary/aromatic N) is 1. The maximum atomic E-state index is 13.7. The highest BCUT2D eigenvalue weighted by Crippen LogP contribution is 2.40. The van der Waals surface area contributed by atoms with Crippen molar-refractivity contribution in [2.75, 3.05) is 14.2 Å². The van der Waals surface area contributed by atoms with Gasteiger partial charge in [-0.05, 0) is 31.5 Å². The Kier molecular flexibility index (Phi) is 6.17. The highest BCUT2D eigenvalue weighted by Gasteiger charge is 2.39. The van der Waals surface area contributed by atoms with E-state index in [-0.39, 0.29) is 22.3 Å². The summed E-state index contributed by atoms with van der Waals surface area (Å²) in [4.78, 5) is 39.5. The summed E-state index contributed by atoms with van der Waals surface area (Å²) in [5, 5.41) is 3.81. The number of methoxy groups -OCH3 is 2. The summed E-state index contributed by atoms with van der Waals surface area (Å²) < 4.78 is 18.4. The number of rotatable bonds is 5. The van der Waals surface area contributed by atoms with Crippen LogP contribution in [0.1, 0.15) is 31.1 Å². The lowest BCUT2D eigenvalue weighted by atomic mass is 9.83. The Bertz CT molecular complexity index is 1640. The molecule has 1 aliphatic heterocycles. The van der Waals surface area contributed by atoms with Crippen molar-refractivity contribution in [3.63, 3.8) is 0 Å². The normalized spacial score (nSPS) is 14.3. The number of fused-ring (bicyclic) bond motifs is 3. The summed E-state index contributed by atoms with van der Waals surface area (Å²) in [6, 6.07) is 18.8. The van der Waals surface area contributed by atoms with Gasteiger partial charge in [0.15, 0.2) is 5.58 Å². The molecule has 0 bridgehead atoms. The van der Waals surface area contributed by atoms with Gasteiger partial charge in [-0.2, -0.15) is 0 Å². The number of hydrogen-bond acceptors (Lipinski definition) is 7. The molecule has 2 aromatic carbocycles. The van der Waals surface area contributed by atoms with Crippen LogP contribution >= 0.6 is 0 Å². The van der Waals surface area contributed by atoms with Gasteiger partial charge in [-0.3, -0.25) is 4.79 Å². The van der Waals surface area contributed by atoms with Crippen molar-refractivity contribution < 1.29 is 23.5 Å². The Morgan fingerprint density at radius 1 is 0.919 bits per heavy atom. The molecule has 0 radical (unpaired) electrons. The Morgan fingerprint density at radius 3 is 2.14 bits per heavy atom. The maximum absolute atomic E-state index is 13.7. The van der Waals surface area contributed by atoms with Crippen LogP contribution in [0.4, 0.5) is 0 Å². The second kappa shape index (κ2) is 9.46. The number of benzene rings is 2. The summed E-state index contributed by atoms with van der Waals surface area (Å²) in [5.74, 6) is -2.12. The first-order chi connectivity index (χ1) is 17.8. The van der Waals surface area contributed by atoms with Crippen LogP contribution in [0.5, 0.6) is 0 Å². The van der Waals surface area contributed by atoms with E-state index in [1.807, 2.05) is 59.2 Å². The molecule has 8 nitrogen and oxygen atoms in total. The number of carbonyl (C=O) groups excluding carboxylic acids is 2. The minimum atomic E-state index is -0.991. The lowest BCUT2D eigenvalue weighted by Crippen LogP contribution is -2.32. The molecular formula is C29H26N2O6. The fourth-order valence-corrected chi connectivity index (χ4v) is 5.08. The summed E-state index contributed by atoms with van der Waals surface area (Å²) in [5.41, 5.74) is 3.71. The molecule has 0 atom stereocenters. The Labute approximate surface area is 212 Å². The third kappa shape index (κ3) is 4.00. The van der Waals surface area contributed by atoms with Crippen molar-refractivity contribution in [2.45, 2.75) is 26.3 Å². The number of aromatic nitrogens is 1. The molecule has 0 saturated heterocycles. The van der Waals surface area contributed by atoms with Gasteiger partial charge in [0.1, 0.15) is 11.3 Å². The summed E-state index contributed by atoms with van der Waals surface area (Å²) in [7, 11) is 2.53. The Balaban J connectivity index is 1.80. The van der Waals surface area contributed by atoms with Crippen molar-refractivity contribution in [2.24, 2.45) is 0 Å². The fraction of sp³-hybridized carbons (Fsp3) is 0.207. The zero-order valence-electron chi connectivity index (χ0n) is 21.0. The molecule has 37 heavy (non-hydrogen) atoms. The predicted molar refractivity (Wildman–Crippen MR) is 139 cm³/mol.